The van der Waals surface area contributed by atoms with Gasteiger partial charge in [0.2, 0.25) is 0 Å². The smallest absolute Gasteiger partial charge is 0.259 e. The Bertz CT molecular complexity index is 1230. The standard InChI is InChI=1S/C21H23N5O2.C9H18O/c1-12-7-8-24-18(9-12)16(11-22)21(28)25-17-10-15(4-3-13(17)2)19(23)26-20(27)14-5-6-14;1-4-9(5-2)6-8(3,10)7-9/h3-4,7-11,14H,5-6,22H2,1-2H3,(H,25,28)(H2,23,26,27);10H,4-7H2,1-3H3/b16-11+;. The number of pyridine rings is 1. The molecule has 2 aliphatic carbocycles. The van der Waals surface area contributed by atoms with Crippen LogP contribution in [0.1, 0.15) is 81.7 Å². The van der Waals surface area contributed by atoms with Crippen LogP contribution in [0.4, 0.5) is 5.69 Å². The summed E-state index contributed by atoms with van der Waals surface area (Å²) in [4.78, 5) is 32.8. The fourth-order valence-electron chi connectivity index (χ4n) is 4.99. The third-order valence-corrected chi connectivity index (χ3v) is 7.55. The Hall–Kier alpha value is -3.52. The highest BCUT2D eigenvalue weighted by atomic mass is 16.3. The third-order valence-electron chi connectivity index (χ3n) is 7.55. The average molecular weight is 520 g/mol. The Morgan fingerprint density at radius 3 is 2.32 bits per heavy atom. The van der Waals surface area contributed by atoms with E-state index >= 15 is 0 Å². The summed E-state index contributed by atoms with van der Waals surface area (Å²) in [6, 6.07) is 8.91. The first-order valence-corrected chi connectivity index (χ1v) is 13.3. The van der Waals surface area contributed by atoms with Gasteiger partial charge in [-0.3, -0.25) is 14.6 Å². The van der Waals surface area contributed by atoms with Crippen LogP contribution >= 0.6 is 0 Å². The summed E-state index contributed by atoms with van der Waals surface area (Å²) >= 11 is 0. The van der Waals surface area contributed by atoms with Gasteiger partial charge in [-0.2, -0.15) is 4.99 Å². The van der Waals surface area contributed by atoms with Crippen LogP contribution in [0.3, 0.4) is 0 Å². The van der Waals surface area contributed by atoms with Crippen LogP contribution in [-0.2, 0) is 9.59 Å². The minimum atomic E-state index is -0.384. The average Bonchev–Trinajstić information content (AvgIpc) is 3.70. The maximum absolute atomic E-state index is 12.7. The van der Waals surface area contributed by atoms with E-state index in [0.29, 0.717) is 22.4 Å². The van der Waals surface area contributed by atoms with Gasteiger partial charge in [0.05, 0.1) is 16.9 Å². The highest BCUT2D eigenvalue weighted by Gasteiger charge is 2.48. The lowest BCUT2D eigenvalue weighted by Crippen LogP contribution is -2.49. The van der Waals surface area contributed by atoms with Crippen LogP contribution in [-0.4, -0.2) is 33.3 Å². The van der Waals surface area contributed by atoms with Gasteiger partial charge >= 0.3 is 0 Å². The maximum atomic E-state index is 12.7. The van der Waals surface area contributed by atoms with Gasteiger partial charge in [-0.25, -0.2) is 0 Å². The molecule has 204 valence electrons. The van der Waals surface area contributed by atoms with Crippen molar-refractivity contribution in [2.75, 3.05) is 5.32 Å². The number of aliphatic imine (C=N–C) groups is 1. The predicted octanol–water partition coefficient (Wildman–Crippen LogP) is 4.62. The van der Waals surface area contributed by atoms with Gasteiger partial charge in [0.25, 0.3) is 11.8 Å². The minimum Gasteiger partial charge on any atom is -0.404 e. The Morgan fingerprint density at radius 2 is 1.82 bits per heavy atom. The lowest BCUT2D eigenvalue weighted by atomic mass is 9.57. The number of aliphatic hydroxyl groups is 1. The zero-order chi connectivity index (χ0) is 28.1. The summed E-state index contributed by atoms with van der Waals surface area (Å²) in [5.41, 5.74) is 15.5. The summed E-state index contributed by atoms with van der Waals surface area (Å²) in [5.74, 6) is -0.433. The van der Waals surface area contributed by atoms with E-state index in [0.717, 1.165) is 36.8 Å². The number of hydrogen-bond acceptors (Lipinski definition) is 5. The van der Waals surface area contributed by atoms with Crippen LogP contribution < -0.4 is 16.8 Å². The highest BCUT2D eigenvalue weighted by molar-refractivity contribution is 6.25. The highest BCUT2D eigenvalue weighted by Crippen LogP contribution is 2.52. The molecule has 0 unspecified atom stereocenters. The molecule has 2 saturated carbocycles. The minimum absolute atomic E-state index is 0.00208. The molecule has 6 N–H and O–H groups in total. The molecule has 1 aromatic heterocycles. The van der Waals surface area contributed by atoms with Crippen LogP contribution in [0.5, 0.6) is 0 Å². The Kier molecular flexibility index (Phi) is 9.09. The van der Waals surface area contributed by atoms with Crippen molar-refractivity contribution in [3.63, 3.8) is 0 Å². The molecule has 1 heterocycles. The van der Waals surface area contributed by atoms with E-state index in [2.05, 4.69) is 29.1 Å². The van der Waals surface area contributed by atoms with E-state index in [9.17, 15) is 14.7 Å². The zero-order valence-electron chi connectivity index (χ0n) is 23.2. The lowest BCUT2D eigenvalue weighted by Gasteiger charge is -2.51. The first kappa shape index (κ1) is 29.0. The Morgan fingerprint density at radius 1 is 1.16 bits per heavy atom. The van der Waals surface area contributed by atoms with Crippen molar-refractivity contribution >= 4 is 28.9 Å². The van der Waals surface area contributed by atoms with Crippen molar-refractivity contribution in [2.24, 2.45) is 27.8 Å². The molecule has 4 rings (SSSR count). The molecular formula is C30H41N5O3. The molecule has 8 heteroatoms. The number of carbonyl (C=O) groups is 2. The second-order valence-electron chi connectivity index (χ2n) is 10.9. The second kappa shape index (κ2) is 11.9. The van der Waals surface area contributed by atoms with Crippen LogP contribution in [0.25, 0.3) is 5.57 Å². The van der Waals surface area contributed by atoms with Gasteiger partial charge in [-0.05, 0) is 81.2 Å². The van der Waals surface area contributed by atoms with Gasteiger partial charge in [0.1, 0.15) is 5.84 Å². The van der Waals surface area contributed by atoms with E-state index in [1.165, 1.54) is 19.0 Å². The molecule has 0 saturated heterocycles. The lowest BCUT2D eigenvalue weighted by molar-refractivity contribution is -0.119. The van der Waals surface area contributed by atoms with Crippen LogP contribution in [0.2, 0.25) is 0 Å². The summed E-state index contributed by atoms with van der Waals surface area (Å²) in [6.45, 7) is 10.2. The molecule has 8 nitrogen and oxygen atoms in total. The number of aromatic nitrogens is 1. The fourth-order valence-corrected chi connectivity index (χ4v) is 4.99. The zero-order valence-corrected chi connectivity index (χ0v) is 23.2. The number of hydrogen-bond donors (Lipinski definition) is 4. The van der Waals surface area contributed by atoms with Gasteiger partial charge in [0, 0.05) is 29.6 Å². The van der Waals surface area contributed by atoms with Gasteiger partial charge < -0.3 is 21.9 Å². The number of anilines is 1. The normalized spacial score (nSPS) is 18.1. The number of nitrogens with zero attached hydrogens (tertiary/aromatic N) is 2. The summed E-state index contributed by atoms with van der Waals surface area (Å²) in [6.07, 6.45) is 9.05. The van der Waals surface area contributed by atoms with Crippen molar-refractivity contribution < 1.29 is 14.7 Å². The maximum Gasteiger partial charge on any atom is 0.259 e. The summed E-state index contributed by atoms with van der Waals surface area (Å²) in [7, 11) is 0. The number of benzene rings is 1. The molecule has 0 aliphatic heterocycles. The van der Waals surface area contributed by atoms with Gasteiger partial charge in [-0.15, -0.1) is 0 Å². The molecule has 2 aromatic rings. The molecular weight excluding hydrogens is 478 g/mol. The Balaban J connectivity index is 0.000000336. The molecule has 2 fully saturated rings. The van der Waals surface area contributed by atoms with E-state index in [4.69, 9.17) is 11.5 Å². The van der Waals surface area contributed by atoms with Crippen LogP contribution in [0, 0.1) is 25.2 Å². The van der Waals surface area contributed by atoms with Crippen molar-refractivity contribution in [2.45, 2.75) is 78.7 Å². The first-order chi connectivity index (χ1) is 17.9. The number of aryl methyl sites for hydroxylation is 2. The fraction of sp³-hybridized carbons (Fsp3) is 0.467. The topological polar surface area (TPSA) is 144 Å². The van der Waals surface area contributed by atoms with Crippen molar-refractivity contribution in [1.29, 1.82) is 0 Å². The molecule has 0 bridgehead atoms. The van der Waals surface area contributed by atoms with Gasteiger partial charge in [-0.1, -0.05) is 38.8 Å². The molecule has 1 aromatic carbocycles. The van der Waals surface area contributed by atoms with E-state index in [1.54, 1.807) is 24.4 Å². The monoisotopic (exact) mass is 519 g/mol. The first-order valence-electron chi connectivity index (χ1n) is 13.3. The Labute approximate surface area is 225 Å². The number of rotatable bonds is 7. The van der Waals surface area contributed by atoms with E-state index in [1.807, 2.05) is 32.9 Å². The molecule has 0 spiro atoms. The van der Waals surface area contributed by atoms with Crippen molar-refractivity contribution in [1.82, 2.24) is 4.98 Å². The largest absolute Gasteiger partial charge is 0.404 e. The molecule has 2 amide bonds. The van der Waals surface area contributed by atoms with E-state index < -0.39 is 0 Å². The summed E-state index contributed by atoms with van der Waals surface area (Å²) in [5, 5.41) is 12.4. The molecule has 2 aliphatic rings. The van der Waals surface area contributed by atoms with Crippen LogP contribution in [0.15, 0.2) is 47.7 Å². The third kappa shape index (κ3) is 7.28. The number of nitrogens with two attached hydrogens (primary N) is 2. The van der Waals surface area contributed by atoms with Gasteiger partial charge in [0.15, 0.2) is 0 Å². The SMILES string of the molecule is CCC1(CC)CC(C)(O)C1.Cc1ccnc(/C(=C\N)C(=O)Nc2cc(C(N)=NC(=O)C3CC3)ccc2C)c1. The summed E-state index contributed by atoms with van der Waals surface area (Å²) < 4.78 is 0. The molecule has 0 radical (unpaired) electrons. The van der Waals surface area contributed by atoms with Crippen molar-refractivity contribution in [3.05, 3.63) is 65.1 Å². The number of amidine groups is 1. The number of carbonyl (C=O) groups excluding carboxylic acids is 2. The number of amides is 2. The molecule has 0 atom stereocenters. The van der Waals surface area contributed by atoms with Crippen molar-refractivity contribution in [3.8, 4) is 0 Å². The number of nitrogens with one attached hydrogen (secondary N) is 1. The second-order valence-corrected chi connectivity index (χ2v) is 10.9. The quantitative estimate of drug-likeness (QED) is 0.239. The van der Waals surface area contributed by atoms with E-state index in [-0.39, 0.29) is 34.7 Å². The predicted molar refractivity (Wildman–Crippen MR) is 152 cm³/mol. The molecule has 38 heavy (non-hydrogen) atoms.